The average molecular weight is 420 g/mol. The van der Waals surface area contributed by atoms with Crippen LogP contribution >= 0.6 is 0 Å². The topological polar surface area (TPSA) is 72.3 Å². The van der Waals surface area contributed by atoms with Crippen LogP contribution < -0.4 is 5.32 Å². The van der Waals surface area contributed by atoms with Crippen LogP contribution in [0, 0.1) is 5.41 Å². The van der Waals surface area contributed by atoms with Gasteiger partial charge >= 0.3 is 0 Å². The number of aryl methyl sites for hydroxylation is 1. The molecule has 2 aliphatic heterocycles. The minimum Gasteiger partial charge on any atom is -0.377 e. The van der Waals surface area contributed by atoms with E-state index in [4.69, 9.17) is 4.74 Å². The van der Waals surface area contributed by atoms with E-state index in [1.807, 2.05) is 31.7 Å². The average Bonchev–Trinajstić information content (AvgIpc) is 3.18. The number of benzene rings is 1. The first kappa shape index (κ1) is 20.2. The van der Waals surface area contributed by atoms with Crippen molar-refractivity contribution in [2.45, 2.75) is 32.3 Å². The Morgan fingerprint density at radius 1 is 1.19 bits per heavy atom. The maximum atomic E-state index is 13.1. The van der Waals surface area contributed by atoms with E-state index < -0.39 is 0 Å². The predicted molar refractivity (Wildman–Crippen MR) is 121 cm³/mol. The highest BCUT2D eigenvalue weighted by Gasteiger charge is 2.38. The normalized spacial score (nSPS) is 21.0. The van der Waals surface area contributed by atoms with Crippen LogP contribution in [-0.2, 0) is 16.6 Å². The third kappa shape index (κ3) is 4.20. The molecule has 3 aromatic rings. The fourth-order valence-corrected chi connectivity index (χ4v) is 4.40. The largest absolute Gasteiger partial charge is 0.377 e. The van der Waals surface area contributed by atoms with Gasteiger partial charge in [-0.05, 0) is 55.4 Å². The summed E-state index contributed by atoms with van der Waals surface area (Å²) in [5, 5.41) is 9.42. The van der Waals surface area contributed by atoms with Gasteiger partial charge in [0.05, 0.1) is 12.3 Å². The summed E-state index contributed by atoms with van der Waals surface area (Å²) in [6.07, 6.45) is 8.92. The third-order valence-corrected chi connectivity index (χ3v) is 6.76. The van der Waals surface area contributed by atoms with E-state index in [0.717, 1.165) is 67.4 Å². The quantitative estimate of drug-likeness (QED) is 0.686. The van der Waals surface area contributed by atoms with Gasteiger partial charge < -0.3 is 15.0 Å². The van der Waals surface area contributed by atoms with E-state index in [-0.39, 0.29) is 11.3 Å². The number of ether oxygens (including phenoxy) is 1. The molecule has 0 radical (unpaired) electrons. The van der Waals surface area contributed by atoms with Gasteiger partial charge in [0.2, 0.25) is 5.91 Å². The van der Waals surface area contributed by atoms with E-state index in [2.05, 4.69) is 45.4 Å². The number of nitrogens with one attached hydrogen (secondary N) is 1. The zero-order valence-corrected chi connectivity index (χ0v) is 18.2. The first-order chi connectivity index (χ1) is 15.0. The fourth-order valence-electron chi connectivity index (χ4n) is 4.40. The maximum absolute atomic E-state index is 13.1. The van der Waals surface area contributed by atoms with Gasteiger partial charge in [0.25, 0.3) is 0 Å². The predicted octanol–water partition coefficient (Wildman–Crippen LogP) is 3.46. The van der Waals surface area contributed by atoms with Gasteiger partial charge in [0.15, 0.2) is 0 Å². The van der Waals surface area contributed by atoms with Gasteiger partial charge in [-0.3, -0.25) is 9.48 Å². The Morgan fingerprint density at radius 2 is 2.00 bits per heavy atom. The molecule has 7 heteroatoms. The summed E-state index contributed by atoms with van der Waals surface area (Å²) in [6, 6.07) is 8.20. The lowest BCUT2D eigenvalue weighted by Crippen LogP contribution is -2.48. The van der Waals surface area contributed by atoms with E-state index in [0.29, 0.717) is 11.9 Å². The second-order valence-corrected chi connectivity index (χ2v) is 9.13. The first-order valence-corrected chi connectivity index (χ1v) is 11.0. The van der Waals surface area contributed by atoms with Crippen molar-refractivity contribution in [3.63, 3.8) is 0 Å². The standard InChI is InChI=1S/C24H29N5O2/c1-24(6-8-29(9-7-24)16-21-5-10-31-21)23(30)27-22-12-19-11-17(3-4-18(19)13-25-22)20-14-26-28(2)15-20/h3-4,11-15,21H,5-10,16H2,1-2H3,(H,25,27,30). The Balaban J connectivity index is 1.27. The summed E-state index contributed by atoms with van der Waals surface area (Å²) >= 11 is 0. The lowest BCUT2D eigenvalue weighted by molar-refractivity contribution is -0.128. The molecule has 2 fully saturated rings. The number of amides is 1. The molecule has 1 aromatic carbocycles. The summed E-state index contributed by atoms with van der Waals surface area (Å²) in [6.45, 7) is 5.82. The molecule has 0 bridgehead atoms. The van der Waals surface area contributed by atoms with Gasteiger partial charge in [0, 0.05) is 49.0 Å². The van der Waals surface area contributed by atoms with Crippen LogP contribution in [0.4, 0.5) is 5.82 Å². The fraction of sp³-hybridized carbons (Fsp3) is 0.458. The maximum Gasteiger partial charge on any atom is 0.231 e. The molecule has 5 rings (SSSR count). The molecule has 1 unspecified atom stereocenters. The van der Waals surface area contributed by atoms with E-state index in [1.165, 1.54) is 0 Å². The Morgan fingerprint density at radius 3 is 2.68 bits per heavy atom. The summed E-state index contributed by atoms with van der Waals surface area (Å²) in [5.41, 5.74) is 1.79. The smallest absolute Gasteiger partial charge is 0.231 e. The highest BCUT2D eigenvalue weighted by molar-refractivity contribution is 5.96. The van der Waals surface area contributed by atoms with Crippen molar-refractivity contribution in [3.8, 4) is 11.1 Å². The van der Waals surface area contributed by atoms with Crippen molar-refractivity contribution in [3.05, 3.63) is 42.9 Å². The number of anilines is 1. The third-order valence-electron chi connectivity index (χ3n) is 6.76. The molecule has 1 amide bonds. The van der Waals surface area contributed by atoms with Crippen LogP contribution in [0.5, 0.6) is 0 Å². The molecule has 0 spiro atoms. The molecule has 162 valence electrons. The second kappa shape index (κ2) is 8.05. The molecule has 0 aliphatic carbocycles. The van der Waals surface area contributed by atoms with Crippen LogP contribution in [0.25, 0.3) is 21.9 Å². The minimum absolute atomic E-state index is 0.0577. The highest BCUT2D eigenvalue weighted by Crippen LogP contribution is 2.33. The number of carbonyl (C=O) groups is 1. The Kier molecular flexibility index (Phi) is 5.24. The molecule has 4 heterocycles. The number of fused-ring (bicyclic) bond motifs is 1. The number of likely N-dealkylation sites (tertiary alicyclic amines) is 1. The molecule has 1 N–H and O–H groups in total. The lowest BCUT2D eigenvalue weighted by atomic mass is 9.79. The van der Waals surface area contributed by atoms with Gasteiger partial charge in [-0.15, -0.1) is 0 Å². The van der Waals surface area contributed by atoms with Gasteiger partial charge in [-0.1, -0.05) is 19.1 Å². The van der Waals surface area contributed by atoms with E-state index in [1.54, 1.807) is 4.68 Å². The Bertz CT molecular complexity index is 1100. The van der Waals surface area contributed by atoms with Crippen molar-refractivity contribution in [1.82, 2.24) is 19.7 Å². The van der Waals surface area contributed by atoms with Crippen LogP contribution in [0.3, 0.4) is 0 Å². The van der Waals surface area contributed by atoms with Crippen LogP contribution in [0.1, 0.15) is 26.2 Å². The van der Waals surface area contributed by atoms with Crippen LogP contribution in [-0.4, -0.2) is 57.9 Å². The lowest BCUT2D eigenvalue weighted by Gasteiger charge is -2.40. The van der Waals surface area contributed by atoms with Crippen molar-refractivity contribution in [2.75, 3.05) is 31.6 Å². The minimum atomic E-state index is -0.370. The summed E-state index contributed by atoms with van der Waals surface area (Å²) in [5.74, 6) is 0.662. The monoisotopic (exact) mass is 419 g/mol. The zero-order chi connectivity index (χ0) is 21.4. The SMILES string of the molecule is Cn1cc(-c2ccc3cnc(NC(=O)C4(C)CCN(CC5CCO5)CC4)cc3c2)cn1. The van der Waals surface area contributed by atoms with Crippen LogP contribution in [0.2, 0.25) is 0 Å². The van der Waals surface area contributed by atoms with Crippen molar-refractivity contribution in [1.29, 1.82) is 0 Å². The first-order valence-electron chi connectivity index (χ1n) is 11.0. The molecule has 1 atom stereocenters. The molecule has 2 aliphatic rings. The number of hydrogen-bond acceptors (Lipinski definition) is 5. The highest BCUT2D eigenvalue weighted by atomic mass is 16.5. The number of carbonyl (C=O) groups excluding carboxylic acids is 1. The van der Waals surface area contributed by atoms with Gasteiger partial charge in [-0.25, -0.2) is 4.98 Å². The molecular formula is C24H29N5O2. The summed E-state index contributed by atoms with van der Waals surface area (Å²) in [7, 11) is 1.91. The van der Waals surface area contributed by atoms with Crippen molar-refractivity contribution < 1.29 is 9.53 Å². The number of pyridine rings is 1. The second-order valence-electron chi connectivity index (χ2n) is 9.13. The number of hydrogen-bond donors (Lipinski definition) is 1. The van der Waals surface area contributed by atoms with Gasteiger partial charge in [0.1, 0.15) is 5.82 Å². The summed E-state index contributed by atoms with van der Waals surface area (Å²) in [4.78, 5) is 20.0. The van der Waals surface area contributed by atoms with Crippen molar-refractivity contribution >= 4 is 22.5 Å². The number of piperidine rings is 1. The summed E-state index contributed by atoms with van der Waals surface area (Å²) < 4.78 is 7.35. The molecule has 2 saturated heterocycles. The molecule has 7 nitrogen and oxygen atoms in total. The van der Waals surface area contributed by atoms with Crippen molar-refractivity contribution in [2.24, 2.45) is 12.5 Å². The number of nitrogens with zero attached hydrogens (tertiary/aromatic N) is 4. The molecule has 2 aromatic heterocycles. The molecule has 31 heavy (non-hydrogen) atoms. The number of rotatable bonds is 5. The molecular weight excluding hydrogens is 390 g/mol. The van der Waals surface area contributed by atoms with E-state index in [9.17, 15) is 4.79 Å². The van der Waals surface area contributed by atoms with E-state index >= 15 is 0 Å². The zero-order valence-electron chi connectivity index (χ0n) is 18.2. The Labute approximate surface area is 182 Å². The van der Waals surface area contributed by atoms with Gasteiger partial charge in [-0.2, -0.15) is 5.10 Å². The Hall–Kier alpha value is -2.77. The number of aromatic nitrogens is 3. The van der Waals surface area contributed by atoms with Crippen LogP contribution in [0.15, 0.2) is 42.9 Å². The molecule has 0 saturated carbocycles.